The molecule has 1 aliphatic rings. The van der Waals surface area contributed by atoms with Crippen molar-refractivity contribution in [1.82, 2.24) is 0 Å². The molecule has 4 heteroatoms. The molecule has 3 N–H and O–H groups in total. The lowest BCUT2D eigenvalue weighted by Gasteiger charge is -2.27. The van der Waals surface area contributed by atoms with Crippen LogP contribution in [0, 0.1) is 5.41 Å². The summed E-state index contributed by atoms with van der Waals surface area (Å²) in [5.74, 6) is -0.962. The summed E-state index contributed by atoms with van der Waals surface area (Å²) >= 11 is 0. The Kier molecular flexibility index (Phi) is 3.69. The number of nitrogens with zero attached hydrogens (tertiary/aromatic N) is 1. The van der Waals surface area contributed by atoms with Crippen molar-refractivity contribution in [3.8, 4) is 0 Å². The number of nitrogens with two attached hydrogens (primary N) is 1. The molecule has 1 aliphatic heterocycles. The average molecular weight is 262 g/mol. The minimum Gasteiger partial charge on any atom is -0.478 e. The maximum absolute atomic E-state index is 11.1. The van der Waals surface area contributed by atoms with Crippen molar-refractivity contribution in [3.63, 3.8) is 0 Å². The molecule has 0 saturated carbocycles. The molecule has 0 bridgehead atoms. The number of benzene rings is 1. The number of rotatable bonds is 4. The third-order valence-electron chi connectivity index (χ3n) is 4.57. The molecule has 1 aromatic carbocycles. The average Bonchev–Trinajstić information content (AvgIpc) is 2.84. The van der Waals surface area contributed by atoms with E-state index in [9.17, 15) is 4.79 Å². The monoisotopic (exact) mass is 262 g/mol. The van der Waals surface area contributed by atoms with E-state index >= 15 is 0 Å². The van der Waals surface area contributed by atoms with Crippen molar-refractivity contribution in [2.75, 3.05) is 23.7 Å². The van der Waals surface area contributed by atoms with E-state index in [1.807, 2.05) is 6.07 Å². The van der Waals surface area contributed by atoms with Gasteiger partial charge in [0.1, 0.15) is 0 Å². The molecule has 104 valence electrons. The first kappa shape index (κ1) is 13.7. The fourth-order valence-electron chi connectivity index (χ4n) is 2.91. The molecule has 0 atom stereocenters. The lowest BCUT2D eigenvalue weighted by molar-refractivity contribution is 0.0698. The van der Waals surface area contributed by atoms with E-state index in [2.05, 4.69) is 18.7 Å². The van der Waals surface area contributed by atoms with Gasteiger partial charge in [0.05, 0.1) is 5.56 Å². The van der Waals surface area contributed by atoms with Crippen molar-refractivity contribution >= 4 is 17.3 Å². The van der Waals surface area contributed by atoms with Gasteiger partial charge in [-0.15, -0.1) is 0 Å². The van der Waals surface area contributed by atoms with Crippen molar-refractivity contribution in [1.29, 1.82) is 0 Å². The Hall–Kier alpha value is -1.71. The van der Waals surface area contributed by atoms with Crippen molar-refractivity contribution in [2.45, 2.75) is 33.1 Å². The van der Waals surface area contributed by atoms with Crippen LogP contribution in [0.25, 0.3) is 0 Å². The predicted octanol–water partition coefficient (Wildman–Crippen LogP) is 2.98. The zero-order valence-corrected chi connectivity index (χ0v) is 11.6. The molecule has 4 nitrogen and oxygen atoms in total. The van der Waals surface area contributed by atoms with Crippen LogP contribution in [0.15, 0.2) is 18.2 Å². The van der Waals surface area contributed by atoms with Gasteiger partial charge in [-0.1, -0.05) is 13.8 Å². The minimum absolute atomic E-state index is 0.197. The number of carbonyl (C=O) groups is 1. The standard InChI is InChI=1S/C15H22N2O2/c1-3-15(4-2)7-8-17(10-15)11-5-6-13(16)12(9-11)14(18)19/h5-6,9H,3-4,7-8,10,16H2,1-2H3,(H,18,19). The molecule has 2 rings (SSSR count). The Morgan fingerprint density at radius 1 is 1.42 bits per heavy atom. The van der Waals surface area contributed by atoms with E-state index in [1.165, 1.54) is 19.3 Å². The fourth-order valence-corrected chi connectivity index (χ4v) is 2.91. The molecule has 1 heterocycles. The molecule has 0 aromatic heterocycles. The molecular formula is C15H22N2O2. The third-order valence-corrected chi connectivity index (χ3v) is 4.57. The first-order chi connectivity index (χ1) is 9.01. The van der Waals surface area contributed by atoms with Crippen molar-refractivity contribution in [3.05, 3.63) is 23.8 Å². The largest absolute Gasteiger partial charge is 0.478 e. The van der Waals surface area contributed by atoms with Gasteiger partial charge in [-0.05, 0) is 42.9 Å². The number of carboxylic acids is 1. The van der Waals surface area contributed by atoms with Crippen LogP contribution in [0.1, 0.15) is 43.5 Å². The van der Waals surface area contributed by atoms with E-state index in [0.29, 0.717) is 11.1 Å². The van der Waals surface area contributed by atoms with Crippen LogP contribution < -0.4 is 10.6 Å². The summed E-state index contributed by atoms with van der Waals surface area (Å²) in [4.78, 5) is 13.4. The first-order valence-electron chi connectivity index (χ1n) is 6.89. The van der Waals surface area contributed by atoms with Crippen molar-refractivity contribution < 1.29 is 9.90 Å². The first-order valence-corrected chi connectivity index (χ1v) is 6.89. The van der Waals surface area contributed by atoms with Crippen LogP contribution in [0.5, 0.6) is 0 Å². The summed E-state index contributed by atoms with van der Waals surface area (Å²) < 4.78 is 0. The Bertz CT molecular complexity index is 481. The number of hydrogen-bond acceptors (Lipinski definition) is 3. The van der Waals surface area contributed by atoms with Gasteiger partial charge in [0.25, 0.3) is 0 Å². The second kappa shape index (κ2) is 5.11. The van der Waals surface area contributed by atoms with Crippen LogP contribution in [-0.4, -0.2) is 24.2 Å². The minimum atomic E-state index is -0.962. The highest BCUT2D eigenvalue weighted by atomic mass is 16.4. The maximum atomic E-state index is 11.1. The van der Waals surface area contributed by atoms with Gasteiger partial charge < -0.3 is 15.7 Å². The van der Waals surface area contributed by atoms with Gasteiger partial charge in [-0.25, -0.2) is 4.79 Å². The van der Waals surface area contributed by atoms with Crippen LogP contribution in [-0.2, 0) is 0 Å². The van der Waals surface area contributed by atoms with E-state index in [4.69, 9.17) is 10.8 Å². The summed E-state index contributed by atoms with van der Waals surface area (Å²) in [7, 11) is 0. The maximum Gasteiger partial charge on any atom is 0.337 e. The van der Waals surface area contributed by atoms with Gasteiger partial charge >= 0.3 is 5.97 Å². The smallest absolute Gasteiger partial charge is 0.337 e. The Labute approximate surface area is 114 Å². The van der Waals surface area contributed by atoms with Crippen LogP contribution >= 0.6 is 0 Å². The highest BCUT2D eigenvalue weighted by Gasteiger charge is 2.35. The molecule has 0 aliphatic carbocycles. The van der Waals surface area contributed by atoms with Gasteiger partial charge in [0, 0.05) is 24.5 Å². The summed E-state index contributed by atoms with van der Waals surface area (Å²) in [6.45, 7) is 6.46. The molecule has 19 heavy (non-hydrogen) atoms. The Morgan fingerprint density at radius 2 is 2.11 bits per heavy atom. The zero-order valence-electron chi connectivity index (χ0n) is 11.6. The summed E-state index contributed by atoms with van der Waals surface area (Å²) in [5.41, 5.74) is 7.57. The molecule has 1 aromatic rings. The molecule has 0 unspecified atom stereocenters. The van der Waals surface area contributed by atoms with Gasteiger partial charge in [-0.2, -0.15) is 0 Å². The van der Waals surface area contributed by atoms with Crippen LogP contribution in [0.4, 0.5) is 11.4 Å². The third kappa shape index (κ3) is 2.53. The number of nitrogen functional groups attached to an aromatic ring is 1. The highest BCUT2D eigenvalue weighted by molar-refractivity contribution is 5.94. The summed E-state index contributed by atoms with van der Waals surface area (Å²) in [5, 5.41) is 9.13. The van der Waals surface area contributed by atoms with E-state index in [-0.39, 0.29) is 5.56 Å². The van der Waals surface area contributed by atoms with Crippen LogP contribution in [0.3, 0.4) is 0 Å². The van der Waals surface area contributed by atoms with E-state index < -0.39 is 5.97 Å². The van der Waals surface area contributed by atoms with Gasteiger partial charge in [0.2, 0.25) is 0 Å². The lowest BCUT2D eigenvalue weighted by Crippen LogP contribution is -2.26. The van der Waals surface area contributed by atoms with Gasteiger partial charge in [0.15, 0.2) is 0 Å². The van der Waals surface area contributed by atoms with Crippen molar-refractivity contribution in [2.24, 2.45) is 5.41 Å². The highest BCUT2D eigenvalue weighted by Crippen LogP contribution is 2.39. The van der Waals surface area contributed by atoms with E-state index in [0.717, 1.165) is 18.8 Å². The van der Waals surface area contributed by atoms with E-state index in [1.54, 1.807) is 12.1 Å². The topological polar surface area (TPSA) is 66.6 Å². The number of hydrogen-bond donors (Lipinski definition) is 2. The normalized spacial score (nSPS) is 17.7. The van der Waals surface area contributed by atoms with Gasteiger partial charge in [-0.3, -0.25) is 0 Å². The molecular weight excluding hydrogens is 240 g/mol. The number of aromatic carboxylic acids is 1. The fraction of sp³-hybridized carbons (Fsp3) is 0.533. The molecule has 0 radical (unpaired) electrons. The SMILES string of the molecule is CCC1(CC)CCN(c2ccc(N)c(C(=O)O)c2)C1. The quantitative estimate of drug-likeness (QED) is 0.819. The summed E-state index contributed by atoms with van der Waals surface area (Å²) in [6, 6.07) is 5.30. The zero-order chi connectivity index (χ0) is 14.0. The predicted molar refractivity (Wildman–Crippen MR) is 77.7 cm³/mol. The lowest BCUT2D eigenvalue weighted by atomic mass is 9.82. The number of anilines is 2. The molecule has 1 fully saturated rings. The second-order valence-corrected chi connectivity index (χ2v) is 5.46. The molecule has 0 amide bonds. The van der Waals surface area contributed by atoms with Crippen LogP contribution in [0.2, 0.25) is 0 Å². The molecule has 0 spiro atoms. The summed E-state index contributed by atoms with van der Waals surface area (Å²) in [6.07, 6.45) is 3.51. The number of carboxylic acid groups (broad SMARTS) is 1. The second-order valence-electron chi connectivity index (χ2n) is 5.46. The Morgan fingerprint density at radius 3 is 2.63 bits per heavy atom. The molecule has 1 saturated heterocycles. The Balaban J connectivity index is 2.25.